The van der Waals surface area contributed by atoms with Gasteiger partial charge in [0.1, 0.15) is 0 Å². The maximum atomic E-state index is 5.69. The van der Waals surface area contributed by atoms with E-state index in [9.17, 15) is 0 Å². The molecule has 0 heterocycles. The van der Waals surface area contributed by atoms with E-state index in [1.807, 2.05) is 0 Å². The SMILES string of the molecule is Sc1ccc(Cl)c(Cl)c1Cl. The largest absolute Gasteiger partial charge is 0.142 e. The Hall–Kier alpha value is 0.440. The third-order valence-corrected chi connectivity index (χ3v) is 2.81. The van der Waals surface area contributed by atoms with Gasteiger partial charge in [0, 0.05) is 4.90 Å². The van der Waals surface area contributed by atoms with Crippen LogP contribution in [0.1, 0.15) is 0 Å². The number of hydrogen-bond acceptors (Lipinski definition) is 1. The Kier molecular flexibility index (Phi) is 2.75. The first kappa shape index (κ1) is 8.54. The van der Waals surface area contributed by atoms with Gasteiger partial charge >= 0.3 is 0 Å². The fourth-order valence-corrected chi connectivity index (χ4v) is 1.30. The van der Waals surface area contributed by atoms with E-state index in [0.29, 0.717) is 20.0 Å². The van der Waals surface area contributed by atoms with Crippen LogP contribution in [-0.2, 0) is 0 Å². The van der Waals surface area contributed by atoms with E-state index in [2.05, 4.69) is 12.6 Å². The molecule has 0 saturated carbocycles. The normalized spacial score (nSPS) is 10.0. The zero-order chi connectivity index (χ0) is 7.72. The maximum Gasteiger partial charge on any atom is 0.0789 e. The minimum atomic E-state index is 0.357. The van der Waals surface area contributed by atoms with Crippen molar-refractivity contribution in [2.75, 3.05) is 0 Å². The van der Waals surface area contributed by atoms with Crippen LogP contribution in [0, 0.1) is 0 Å². The number of halogens is 3. The molecule has 0 aromatic heterocycles. The molecule has 0 bridgehead atoms. The summed E-state index contributed by atoms with van der Waals surface area (Å²) in [6.45, 7) is 0. The first-order chi connectivity index (χ1) is 4.63. The van der Waals surface area contributed by atoms with Gasteiger partial charge in [-0.05, 0) is 12.1 Å². The first-order valence-corrected chi connectivity index (χ1v) is 4.03. The topological polar surface area (TPSA) is 0 Å². The van der Waals surface area contributed by atoms with Crippen LogP contribution >= 0.6 is 47.4 Å². The molecule has 4 heteroatoms. The minimum absolute atomic E-state index is 0.357. The average Bonchev–Trinajstić information content (AvgIpc) is 1.93. The quantitative estimate of drug-likeness (QED) is 0.490. The number of rotatable bonds is 0. The van der Waals surface area contributed by atoms with Gasteiger partial charge in [-0.25, -0.2) is 0 Å². The summed E-state index contributed by atoms with van der Waals surface area (Å²) in [5, 5.41) is 1.21. The Morgan fingerprint density at radius 2 is 1.60 bits per heavy atom. The molecule has 0 unspecified atom stereocenters. The maximum absolute atomic E-state index is 5.69. The monoisotopic (exact) mass is 212 g/mol. The molecule has 54 valence electrons. The Labute approximate surface area is 79.5 Å². The molecule has 0 fully saturated rings. The van der Waals surface area contributed by atoms with E-state index in [1.165, 1.54) is 0 Å². The van der Waals surface area contributed by atoms with E-state index >= 15 is 0 Å². The Balaban J connectivity index is 3.34. The van der Waals surface area contributed by atoms with E-state index in [4.69, 9.17) is 34.8 Å². The van der Waals surface area contributed by atoms with Gasteiger partial charge in [-0.3, -0.25) is 0 Å². The summed E-state index contributed by atoms with van der Waals surface area (Å²) in [4.78, 5) is 0.635. The third-order valence-electron chi connectivity index (χ3n) is 1.01. The molecule has 0 radical (unpaired) electrons. The van der Waals surface area contributed by atoms with Gasteiger partial charge < -0.3 is 0 Å². The highest BCUT2D eigenvalue weighted by Gasteiger charge is 2.04. The second-order valence-electron chi connectivity index (χ2n) is 1.69. The Morgan fingerprint density at radius 3 is 2.10 bits per heavy atom. The molecular weight excluding hydrogens is 210 g/mol. The van der Waals surface area contributed by atoms with Crippen molar-refractivity contribution in [2.24, 2.45) is 0 Å². The summed E-state index contributed by atoms with van der Waals surface area (Å²) < 4.78 is 0. The number of thiol groups is 1. The van der Waals surface area contributed by atoms with Crippen molar-refractivity contribution in [3.8, 4) is 0 Å². The van der Waals surface area contributed by atoms with Crippen molar-refractivity contribution in [2.45, 2.75) is 4.90 Å². The molecule has 0 N–H and O–H groups in total. The fourth-order valence-electron chi connectivity index (χ4n) is 0.516. The predicted octanol–water partition coefficient (Wildman–Crippen LogP) is 3.94. The lowest BCUT2D eigenvalue weighted by Crippen LogP contribution is -1.72. The molecule has 1 aromatic rings. The lowest BCUT2D eigenvalue weighted by atomic mass is 10.4. The molecule has 10 heavy (non-hydrogen) atoms. The lowest BCUT2D eigenvalue weighted by Gasteiger charge is -1.99. The van der Waals surface area contributed by atoms with Gasteiger partial charge in [0.2, 0.25) is 0 Å². The van der Waals surface area contributed by atoms with Gasteiger partial charge in [0.05, 0.1) is 15.1 Å². The van der Waals surface area contributed by atoms with E-state index in [-0.39, 0.29) is 0 Å². The molecule has 0 spiro atoms. The van der Waals surface area contributed by atoms with E-state index in [0.717, 1.165) is 0 Å². The summed E-state index contributed by atoms with van der Waals surface area (Å²) >= 11 is 21.0. The first-order valence-electron chi connectivity index (χ1n) is 2.45. The average molecular weight is 214 g/mol. The Morgan fingerprint density at radius 1 is 1.00 bits per heavy atom. The summed E-state index contributed by atoms with van der Waals surface area (Å²) in [6.07, 6.45) is 0. The third kappa shape index (κ3) is 1.54. The van der Waals surface area contributed by atoms with Crippen LogP contribution in [0.5, 0.6) is 0 Å². The van der Waals surface area contributed by atoms with Crippen LogP contribution in [-0.4, -0.2) is 0 Å². The molecule has 0 aliphatic rings. The zero-order valence-corrected chi connectivity index (χ0v) is 7.90. The predicted molar refractivity (Wildman–Crippen MR) is 48.7 cm³/mol. The number of benzene rings is 1. The van der Waals surface area contributed by atoms with Crippen LogP contribution in [0.15, 0.2) is 17.0 Å². The fraction of sp³-hybridized carbons (Fsp3) is 0. The van der Waals surface area contributed by atoms with Crippen molar-refractivity contribution in [3.05, 3.63) is 27.2 Å². The van der Waals surface area contributed by atoms with Crippen LogP contribution in [0.25, 0.3) is 0 Å². The van der Waals surface area contributed by atoms with Crippen LogP contribution in [0.2, 0.25) is 15.1 Å². The second-order valence-corrected chi connectivity index (χ2v) is 3.34. The van der Waals surface area contributed by atoms with Gasteiger partial charge in [-0.1, -0.05) is 34.8 Å². The minimum Gasteiger partial charge on any atom is -0.142 e. The van der Waals surface area contributed by atoms with Gasteiger partial charge in [0.25, 0.3) is 0 Å². The number of hydrogen-bond donors (Lipinski definition) is 1. The van der Waals surface area contributed by atoms with Crippen LogP contribution in [0.3, 0.4) is 0 Å². The molecular formula is C6H3Cl3S. The van der Waals surface area contributed by atoms with Crippen LogP contribution in [0.4, 0.5) is 0 Å². The van der Waals surface area contributed by atoms with E-state index < -0.39 is 0 Å². The highest BCUT2D eigenvalue weighted by Crippen LogP contribution is 2.33. The highest BCUT2D eigenvalue weighted by atomic mass is 35.5. The molecule has 0 nitrogen and oxygen atoms in total. The molecule has 0 aliphatic heterocycles. The smallest absolute Gasteiger partial charge is 0.0789 e. The summed E-state index contributed by atoms with van der Waals surface area (Å²) in [5.41, 5.74) is 0. The second kappa shape index (κ2) is 3.22. The zero-order valence-electron chi connectivity index (χ0n) is 4.74. The van der Waals surface area contributed by atoms with Crippen molar-refractivity contribution < 1.29 is 0 Å². The van der Waals surface area contributed by atoms with Crippen LogP contribution < -0.4 is 0 Å². The molecule has 1 rings (SSSR count). The van der Waals surface area contributed by atoms with Gasteiger partial charge in [-0.2, -0.15) is 0 Å². The van der Waals surface area contributed by atoms with Gasteiger partial charge in [-0.15, -0.1) is 12.6 Å². The molecule has 0 saturated heterocycles. The standard InChI is InChI=1S/C6H3Cl3S/c7-3-1-2-4(10)6(9)5(3)8/h1-2,10H. The molecule has 1 aromatic carbocycles. The summed E-state index contributed by atoms with van der Waals surface area (Å²) in [6, 6.07) is 3.34. The van der Waals surface area contributed by atoms with Crippen molar-refractivity contribution in [1.82, 2.24) is 0 Å². The Bertz CT molecular complexity index is 232. The molecule has 0 amide bonds. The van der Waals surface area contributed by atoms with Crippen molar-refractivity contribution in [3.63, 3.8) is 0 Å². The molecule has 0 atom stereocenters. The highest BCUT2D eigenvalue weighted by molar-refractivity contribution is 7.80. The van der Waals surface area contributed by atoms with Crippen molar-refractivity contribution in [1.29, 1.82) is 0 Å². The molecule has 0 aliphatic carbocycles. The van der Waals surface area contributed by atoms with Crippen molar-refractivity contribution >= 4 is 47.4 Å². The summed E-state index contributed by atoms with van der Waals surface area (Å²) in [7, 11) is 0. The van der Waals surface area contributed by atoms with E-state index in [1.54, 1.807) is 12.1 Å². The summed E-state index contributed by atoms with van der Waals surface area (Å²) in [5.74, 6) is 0. The van der Waals surface area contributed by atoms with Gasteiger partial charge in [0.15, 0.2) is 0 Å². The lowest BCUT2D eigenvalue weighted by molar-refractivity contribution is 1.48.